The first kappa shape index (κ1) is 18.8. The molecule has 5 aromatic rings. The topological polar surface area (TPSA) is 41.6 Å². The summed E-state index contributed by atoms with van der Waals surface area (Å²) >= 11 is 0. The molecule has 0 bridgehead atoms. The van der Waals surface area contributed by atoms with E-state index in [2.05, 4.69) is 77.5 Å². The second kappa shape index (κ2) is 8.30. The van der Waals surface area contributed by atoms with Crippen LogP contribution in [0.2, 0.25) is 0 Å². The molecular formula is C28H21N3. The highest BCUT2D eigenvalue weighted by atomic mass is 15.0. The van der Waals surface area contributed by atoms with Crippen LogP contribution in [-0.4, -0.2) is 9.55 Å². The number of nitrogens with zero attached hydrogens (tertiary/aromatic N) is 3. The number of nitriles is 1. The first-order valence-corrected chi connectivity index (χ1v) is 10.4. The van der Waals surface area contributed by atoms with Gasteiger partial charge in [-0.1, -0.05) is 66.7 Å². The van der Waals surface area contributed by atoms with Crippen molar-refractivity contribution in [3.63, 3.8) is 0 Å². The molecule has 0 atom stereocenters. The third-order valence-electron chi connectivity index (χ3n) is 5.51. The van der Waals surface area contributed by atoms with Gasteiger partial charge < -0.3 is 4.57 Å². The monoisotopic (exact) mass is 399 g/mol. The molecule has 0 aliphatic heterocycles. The van der Waals surface area contributed by atoms with E-state index in [9.17, 15) is 5.26 Å². The Kier molecular flexibility index (Phi) is 5.04. The van der Waals surface area contributed by atoms with Crippen LogP contribution in [0.4, 0.5) is 0 Å². The maximum atomic E-state index is 9.17. The van der Waals surface area contributed by atoms with Gasteiger partial charge in [0.15, 0.2) is 0 Å². The van der Waals surface area contributed by atoms with Crippen molar-refractivity contribution in [3.05, 3.63) is 114 Å². The molecule has 0 aliphatic carbocycles. The predicted molar refractivity (Wildman–Crippen MR) is 127 cm³/mol. The Bertz CT molecular complexity index is 1450. The lowest BCUT2D eigenvalue weighted by Crippen LogP contribution is -2.00. The Hall–Kier alpha value is -4.16. The first-order valence-electron chi connectivity index (χ1n) is 10.4. The largest absolute Gasteiger partial charge is 0.343 e. The van der Waals surface area contributed by atoms with Gasteiger partial charge in [0.2, 0.25) is 0 Å². The second-order valence-electron chi connectivity index (χ2n) is 7.64. The van der Waals surface area contributed by atoms with Gasteiger partial charge in [-0.3, -0.25) is 0 Å². The van der Waals surface area contributed by atoms with Crippen molar-refractivity contribution in [2.75, 3.05) is 0 Å². The lowest BCUT2D eigenvalue weighted by atomic mass is 10.1. The van der Waals surface area contributed by atoms with E-state index < -0.39 is 0 Å². The Balaban J connectivity index is 1.41. The summed E-state index contributed by atoms with van der Waals surface area (Å²) in [4.78, 5) is 4.72. The van der Waals surface area contributed by atoms with Crippen molar-refractivity contribution in [2.24, 2.45) is 0 Å². The highest BCUT2D eigenvalue weighted by Crippen LogP contribution is 2.22. The molecule has 0 saturated heterocycles. The van der Waals surface area contributed by atoms with E-state index in [1.165, 1.54) is 10.9 Å². The predicted octanol–water partition coefficient (Wildman–Crippen LogP) is 6.47. The number of hydrogen-bond donors (Lipinski definition) is 0. The molecule has 3 aromatic carbocycles. The molecule has 0 fully saturated rings. The Morgan fingerprint density at radius 1 is 0.839 bits per heavy atom. The average Bonchev–Trinajstić information content (AvgIpc) is 3.22. The molecule has 0 amide bonds. The normalized spacial score (nSPS) is 11.3. The zero-order valence-electron chi connectivity index (χ0n) is 17.1. The minimum Gasteiger partial charge on any atom is -0.343 e. The second-order valence-corrected chi connectivity index (χ2v) is 7.64. The quantitative estimate of drug-likeness (QED) is 0.340. The molecule has 0 saturated carbocycles. The standard InChI is InChI=1S/C28H21N3/c29-17-15-24-8-4-9-25-16-18-31(28(24)25)20-22-6-3-5-21(19-22)11-13-26-14-12-23-7-1-2-10-27(23)30-26/h1-14,16,18-19H,15,20H2/b13-11+. The number of rotatable bonds is 5. The highest BCUT2D eigenvalue weighted by Gasteiger charge is 2.07. The summed E-state index contributed by atoms with van der Waals surface area (Å²) in [5.41, 5.74) is 6.53. The fraction of sp³-hybridized carbons (Fsp3) is 0.0714. The van der Waals surface area contributed by atoms with Crippen molar-refractivity contribution in [3.8, 4) is 6.07 Å². The van der Waals surface area contributed by atoms with E-state index in [1.54, 1.807) is 0 Å². The zero-order chi connectivity index (χ0) is 21.0. The van der Waals surface area contributed by atoms with Crippen LogP contribution >= 0.6 is 0 Å². The van der Waals surface area contributed by atoms with Gasteiger partial charge in [0.05, 0.1) is 29.2 Å². The fourth-order valence-corrected chi connectivity index (χ4v) is 4.05. The highest BCUT2D eigenvalue weighted by molar-refractivity contribution is 5.84. The molecular weight excluding hydrogens is 378 g/mol. The Labute approximate surface area is 181 Å². The van der Waals surface area contributed by atoms with E-state index in [4.69, 9.17) is 4.98 Å². The van der Waals surface area contributed by atoms with Crippen LogP contribution in [0, 0.1) is 11.3 Å². The SMILES string of the molecule is N#CCc1cccc2ccn(Cc3cccc(/C=C/c4ccc5ccccc5n4)c3)c12. The molecule has 31 heavy (non-hydrogen) atoms. The van der Waals surface area contributed by atoms with Crippen LogP contribution in [0.25, 0.3) is 34.0 Å². The number of fused-ring (bicyclic) bond motifs is 2. The first-order chi connectivity index (χ1) is 15.3. The molecule has 5 rings (SSSR count). The molecule has 0 radical (unpaired) electrons. The minimum atomic E-state index is 0.420. The lowest BCUT2D eigenvalue weighted by Gasteiger charge is -2.09. The molecule has 3 heteroatoms. The summed E-state index contributed by atoms with van der Waals surface area (Å²) < 4.78 is 2.23. The summed E-state index contributed by atoms with van der Waals surface area (Å²) in [7, 11) is 0. The Morgan fingerprint density at radius 2 is 1.71 bits per heavy atom. The third-order valence-corrected chi connectivity index (χ3v) is 5.51. The molecule has 0 aliphatic rings. The summed E-state index contributed by atoms with van der Waals surface area (Å²) in [6.07, 6.45) is 6.69. The van der Waals surface area contributed by atoms with Gasteiger partial charge in [-0.2, -0.15) is 5.26 Å². The molecule has 0 N–H and O–H groups in total. The van der Waals surface area contributed by atoms with Gasteiger partial charge in [-0.25, -0.2) is 4.98 Å². The van der Waals surface area contributed by atoms with Crippen molar-refractivity contribution in [1.29, 1.82) is 5.26 Å². The van der Waals surface area contributed by atoms with Gasteiger partial charge in [0.1, 0.15) is 0 Å². The number of pyridine rings is 1. The summed E-state index contributed by atoms with van der Waals surface area (Å²) in [6.45, 7) is 0.766. The van der Waals surface area contributed by atoms with Crippen LogP contribution in [0.3, 0.4) is 0 Å². The van der Waals surface area contributed by atoms with Crippen LogP contribution in [0.1, 0.15) is 22.4 Å². The lowest BCUT2D eigenvalue weighted by molar-refractivity contribution is 0.833. The molecule has 2 heterocycles. The Morgan fingerprint density at radius 3 is 2.65 bits per heavy atom. The fourth-order valence-electron chi connectivity index (χ4n) is 4.05. The number of aromatic nitrogens is 2. The summed E-state index contributed by atoms with van der Waals surface area (Å²) in [6, 6.07) is 31.4. The molecule has 2 aromatic heterocycles. The van der Waals surface area contributed by atoms with Crippen LogP contribution in [0.5, 0.6) is 0 Å². The van der Waals surface area contributed by atoms with E-state index in [-0.39, 0.29) is 0 Å². The minimum absolute atomic E-state index is 0.420. The zero-order valence-corrected chi connectivity index (χ0v) is 17.1. The van der Waals surface area contributed by atoms with Crippen molar-refractivity contribution >= 4 is 34.0 Å². The van der Waals surface area contributed by atoms with Crippen LogP contribution < -0.4 is 0 Å². The average molecular weight is 399 g/mol. The van der Waals surface area contributed by atoms with E-state index in [0.717, 1.165) is 39.8 Å². The van der Waals surface area contributed by atoms with E-state index in [0.29, 0.717) is 6.42 Å². The third kappa shape index (κ3) is 3.97. The molecule has 0 unspecified atom stereocenters. The summed E-state index contributed by atoms with van der Waals surface area (Å²) in [5, 5.41) is 11.5. The van der Waals surface area contributed by atoms with Gasteiger partial charge >= 0.3 is 0 Å². The maximum Gasteiger partial charge on any atom is 0.0709 e. The van der Waals surface area contributed by atoms with Crippen LogP contribution in [0.15, 0.2) is 91.1 Å². The van der Waals surface area contributed by atoms with Gasteiger partial charge in [-0.15, -0.1) is 0 Å². The number of hydrogen-bond acceptors (Lipinski definition) is 2. The smallest absolute Gasteiger partial charge is 0.0709 e. The summed E-state index contributed by atoms with van der Waals surface area (Å²) in [5.74, 6) is 0. The van der Waals surface area contributed by atoms with Crippen molar-refractivity contribution in [1.82, 2.24) is 9.55 Å². The van der Waals surface area contributed by atoms with E-state index >= 15 is 0 Å². The molecule has 3 nitrogen and oxygen atoms in total. The van der Waals surface area contributed by atoms with Crippen LogP contribution in [-0.2, 0) is 13.0 Å². The molecule has 0 spiro atoms. The van der Waals surface area contributed by atoms with Gasteiger partial charge in [0, 0.05) is 18.1 Å². The van der Waals surface area contributed by atoms with Gasteiger partial charge in [-0.05, 0) is 52.4 Å². The van der Waals surface area contributed by atoms with Gasteiger partial charge in [0.25, 0.3) is 0 Å². The van der Waals surface area contributed by atoms with E-state index in [1.807, 2.05) is 36.4 Å². The van der Waals surface area contributed by atoms with Crippen molar-refractivity contribution < 1.29 is 0 Å². The maximum absolute atomic E-state index is 9.17. The number of benzene rings is 3. The van der Waals surface area contributed by atoms with Crippen molar-refractivity contribution in [2.45, 2.75) is 13.0 Å². The number of para-hydroxylation sites is 2. The molecule has 148 valence electrons.